The number of aromatic amines is 1. The summed E-state index contributed by atoms with van der Waals surface area (Å²) in [4.78, 5) is 4.32. The summed E-state index contributed by atoms with van der Waals surface area (Å²) in [6.07, 6.45) is 5.49. The predicted molar refractivity (Wildman–Crippen MR) is 83.6 cm³/mol. The SMILES string of the molecule is [c]1ccnc2ccc(-c3ccc(-c4cn[nH]c4)cc3)cc12. The maximum Gasteiger partial charge on any atom is 0.0708 e. The van der Waals surface area contributed by atoms with Crippen LogP contribution in [0, 0.1) is 6.07 Å². The maximum atomic E-state index is 4.32. The van der Waals surface area contributed by atoms with Crippen molar-refractivity contribution < 1.29 is 0 Å². The summed E-state index contributed by atoms with van der Waals surface area (Å²) < 4.78 is 0. The van der Waals surface area contributed by atoms with Crippen LogP contribution in [-0.4, -0.2) is 15.2 Å². The molecule has 0 unspecified atom stereocenters. The van der Waals surface area contributed by atoms with Gasteiger partial charge < -0.3 is 0 Å². The zero-order chi connectivity index (χ0) is 14.1. The van der Waals surface area contributed by atoms with Crippen molar-refractivity contribution in [1.82, 2.24) is 15.2 Å². The van der Waals surface area contributed by atoms with E-state index in [0.29, 0.717) is 0 Å². The molecule has 0 spiro atoms. The Hall–Kier alpha value is -2.94. The Labute approximate surface area is 122 Å². The first-order chi connectivity index (χ1) is 10.4. The van der Waals surface area contributed by atoms with Crippen LogP contribution in [0.3, 0.4) is 0 Å². The van der Waals surface area contributed by atoms with Gasteiger partial charge in [0.15, 0.2) is 0 Å². The highest BCUT2D eigenvalue weighted by Gasteiger charge is 2.02. The average molecular weight is 270 g/mol. The van der Waals surface area contributed by atoms with Crippen LogP contribution >= 0.6 is 0 Å². The highest BCUT2D eigenvalue weighted by Crippen LogP contribution is 2.26. The molecule has 21 heavy (non-hydrogen) atoms. The summed E-state index contributed by atoms with van der Waals surface area (Å²) in [5, 5.41) is 7.85. The van der Waals surface area contributed by atoms with Crippen molar-refractivity contribution in [2.45, 2.75) is 0 Å². The standard InChI is InChI=1S/C18H12N3/c1-2-16-10-15(7-8-18(16)19-9-1)13-3-5-14(6-4-13)17-11-20-21-12-17/h1,3-12H,(H,20,21). The van der Waals surface area contributed by atoms with Crippen molar-refractivity contribution in [1.29, 1.82) is 0 Å². The van der Waals surface area contributed by atoms with Crippen LogP contribution in [0.1, 0.15) is 0 Å². The summed E-state index contributed by atoms with van der Waals surface area (Å²) in [5.74, 6) is 0. The molecule has 1 radical (unpaired) electrons. The Morgan fingerprint density at radius 1 is 0.857 bits per heavy atom. The third kappa shape index (κ3) is 2.19. The third-order valence-electron chi connectivity index (χ3n) is 3.57. The Bertz CT molecular complexity index is 878. The Balaban J connectivity index is 1.74. The number of aromatic nitrogens is 3. The summed E-state index contributed by atoms with van der Waals surface area (Å²) >= 11 is 0. The van der Waals surface area contributed by atoms with Gasteiger partial charge in [0.1, 0.15) is 0 Å². The predicted octanol–water partition coefficient (Wildman–Crippen LogP) is 4.09. The molecule has 99 valence electrons. The molecule has 0 bridgehead atoms. The largest absolute Gasteiger partial charge is 0.285 e. The van der Waals surface area contributed by atoms with Crippen molar-refractivity contribution in [2.24, 2.45) is 0 Å². The van der Waals surface area contributed by atoms with Crippen LogP contribution in [0.4, 0.5) is 0 Å². The van der Waals surface area contributed by atoms with Gasteiger partial charge in [-0.05, 0) is 41.0 Å². The van der Waals surface area contributed by atoms with E-state index in [1.807, 2.05) is 24.5 Å². The quantitative estimate of drug-likeness (QED) is 0.596. The van der Waals surface area contributed by atoms with E-state index < -0.39 is 0 Å². The van der Waals surface area contributed by atoms with E-state index >= 15 is 0 Å². The lowest BCUT2D eigenvalue weighted by atomic mass is 10.0. The number of H-pyrrole nitrogens is 1. The molecule has 3 heteroatoms. The van der Waals surface area contributed by atoms with E-state index in [-0.39, 0.29) is 0 Å². The third-order valence-corrected chi connectivity index (χ3v) is 3.57. The highest BCUT2D eigenvalue weighted by molar-refractivity contribution is 5.84. The van der Waals surface area contributed by atoms with Gasteiger partial charge in [-0.2, -0.15) is 5.10 Å². The van der Waals surface area contributed by atoms with Gasteiger partial charge in [-0.1, -0.05) is 30.3 Å². The lowest BCUT2D eigenvalue weighted by Crippen LogP contribution is -1.82. The summed E-state index contributed by atoms with van der Waals surface area (Å²) in [5.41, 5.74) is 5.57. The van der Waals surface area contributed by atoms with E-state index in [9.17, 15) is 0 Å². The Kier molecular flexibility index (Phi) is 2.75. The fraction of sp³-hybridized carbons (Fsp3) is 0. The minimum Gasteiger partial charge on any atom is -0.285 e. The second kappa shape index (κ2) is 4.87. The Morgan fingerprint density at radius 2 is 1.62 bits per heavy atom. The van der Waals surface area contributed by atoms with Gasteiger partial charge in [0.05, 0.1) is 11.7 Å². The average Bonchev–Trinajstić information content (AvgIpc) is 3.09. The topological polar surface area (TPSA) is 41.6 Å². The molecular weight excluding hydrogens is 258 g/mol. The number of nitrogens with zero attached hydrogens (tertiary/aromatic N) is 2. The minimum atomic E-state index is 0.969. The Morgan fingerprint density at radius 3 is 2.38 bits per heavy atom. The van der Waals surface area contributed by atoms with Crippen LogP contribution in [0.5, 0.6) is 0 Å². The molecule has 0 fully saturated rings. The monoisotopic (exact) mass is 270 g/mol. The molecule has 0 amide bonds. The van der Waals surface area contributed by atoms with Crippen LogP contribution in [0.25, 0.3) is 33.2 Å². The fourth-order valence-electron chi connectivity index (χ4n) is 2.45. The van der Waals surface area contributed by atoms with Crippen molar-refractivity contribution in [3.63, 3.8) is 0 Å². The second-order valence-corrected chi connectivity index (χ2v) is 4.89. The molecule has 0 saturated heterocycles. The molecule has 2 heterocycles. The van der Waals surface area contributed by atoms with Crippen LogP contribution in [-0.2, 0) is 0 Å². The molecule has 3 nitrogen and oxygen atoms in total. The second-order valence-electron chi connectivity index (χ2n) is 4.89. The zero-order valence-electron chi connectivity index (χ0n) is 11.2. The fourth-order valence-corrected chi connectivity index (χ4v) is 2.45. The van der Waals surface area contributed by atoms with Crippen molar-refractivity contribution in [2.75, 3.05) is 0 Å². The summed E-state index contributed by atoms with van der Waals surface area (Å²) in [6.45, 7) is 0. The minimum absolute atomic E-state index is 0.969. The molecule has 0 saturated carbocycles. The number of fused-ring (bicyclic) bond motifs is 1. The van der Waals surface area contributed by atoms with E-state index in [2.05, 4.69) is 57.6 Å². The van der Waals surface area contributed by atoms with Crippen LogP contribution < -0.4 is 0 Å². The number of benzene rings is 2. The van der Waals surface area contributed by atoms with Gasteiger partial charge in [0.2, 0.25) is 0 Å². The first-order valence-corrected chi connectivity index (χ1v) is 6.76. The van der Waals surface area contributed by atoms with Gasteiger partial charge >= 0.3 is 0 Å². The lowest BCUT2D eigenvalue weighted by Gasteiger charge is -2.05. The smallest absolute Gasteiger partial charge is 0.0708 e. The zero-order valence-corrected chi connectivity index (χ0v) is 11.2. The van der Waals surface area contributed by atoms with Gasteiger partial charge in [-0.3, -0.25) is 10.1 Å². The van der Waals surface area contributed by atoms with E-state index in [0.717, 1.165) is 22.0 Å². The van der Waals surface area contributed by atoms with Gasteiger partial charge in [0.25, 0.3) is 0 Å². The molecular formula is C18H12N3. The van der Waals surface area contributed by atoms with E-state index in [4.69, 9.17) is 0 Å². The highest BCUT2D eigenvalue weighted by atomic mass is 15.1. The molecule has 2 aromatic heterocycles. The first kappa shape index (κ1) is 11.9. The van der Waals surface area contributed by atoms with Crippen molar-refractivity contribution >= 4 is 10.9 Å². The number of hydrogen-bond donors (Lipinski definition) is 1. The number of hydrogen-bond acceptors (Lipinski definition) is 2. The number of nitrogens with one attached hydrogen (secondary N) is 1. The number of pyridine rings is 1. The number of rotatable bonds is 2. The first-order valence-electron chi connectivity index (χ1n) is 6.76. The molecule has 4 aromatic rings. The van der Waals surface area contributed by atoms with Crippen LogP contribution in [0.15, 0.2) is 67.1 Å². The lowest BCUT2D eigenvalue weighted by molar-refractivity contribution is 1.09. The van der Waals surface area contributed by atoms with Gasteiger partial charge in [0, 0.05) is 23.3 Å². The van der Waals surface area contributed by atoms with E-state index in [1.165, 1.54) is 11.1 Å². The summed E-state index contributed by atoms with van der Waals surface area (Å²) in [6, 6.07) is 19.8. The molecule has 0 aliphatic carbocycles. The molecule has 1 N–H and O–H groups in total. The molecule has 0 aliphatic rings. The molecule has 0 aliphatic heterocycles. The van der Waals surface area contributed by atoms with E-state index in [1.54, 1.807) is 6.20 Å². The van der Waals surface area contributed by atoms with Crippen LogP contribution in [0.2, 0.25) is 0 Å². The molecule has 2 aromatic carbocycles. The molecule has 0 atom stereocenters. The summed E-state index contributed by atoms with van der Waals surface area (Å²) in [7, 11) is 0. The molecule has 4 rings (SSSR count). The van der Waals surface area contributed by atoms with Gasteiger partial charge in [-0.25, -0.2) is 0 Å². The van der Waals surface area contributed by atoms with Crippen molar-refractivity contribution in [3.8, 4) is 22.3 Å². The van der Waals surface area contributed by atoms with Gasteiger partial charge in [-0.15, -0.1) is 0 Å². The normalized spacial score (nSPS) is 10.9. The van der Waals surface area contributed by atoms with Crippen molar-refractivity contribution in [3.05, 3.63) is 73.2 Å². The maximum absolute atomic E-state index is 4.32.